The van der Waals surface area contributed by atoms with Gasteiger partial charge in [-0.1, -0.05) is 48.8 Å². The molecule has 0 spiro atoms. The lowest BCUT2D eigenvalue weighted by Crippen LogP contribution is -2.27. The molecule has 0 saturated carbocycles. The molecule has 2 aromatic rings. The molecule has 6 nitrogen and oxygen atoms in total. The fourth-order valence-electron chi connectivity index (χ4n) is 2.32. The molecule has 1 aromatic heterocycles. The number of carbonyl (C=O) groups is 1. The molecule has 0 aliphatic carbocycles. The predicted octanol–water partition coefficient (Wildman–Crippen LogP) is 5.71. The van der Waals surface area contributed by atoms with E-state index in [2.05, 4.69) is 10.4 Å². The molecule has 1 heterocycles. The van der Waals surface area contributed by atoms with Gasteiger partial charge in [0.1, 0.15) is 10.6 Å². The molecule has 1 aromatic carbocycles. The Hall–Kier alpha value is -1.70. The van der Waals surface area contributed by atoms with E-state index in [1.165, 1.54) is 16.4 Å². The summed E-state index contributed by atoms with van der Waals surface area (Å²) in [4.78, 5) is 24.7. The molecule has 0 fully saturated rings. The zero-order valence-corrected chi connectivity index (χ0v) is 18.9. The summed E-state index contributed by atoms with van der Waals surface area (Å²) in [5.41, 5.74) is 0.338. The lowest BCUT2D eigenvalue weighted by Gasteiger charge is -2.20. The number of hydrogen-bond acceptors (Lipinski definition) is 5. The molecular weight excluding hydrogens is 421 g/mol. The lowest BCUT2D eigenvalue weighted by molar-refractivity contribution is 0.0636. The van der Waals surface area contributed by atoms with Crippen LogP contribution in [0.3, 0.4) is 0 Å². The molecule has 1 N–H and O–H groups in total. The van der Waals surface area contributed by atoms with Gasteiger partial charge in [-0.3, -0.25) is 10.1 Å². The minimum Gasteiger partial charge on any atom is -0.444 e. The summed E-state index contributed by atoms with van der Waals surface area (Å²) < 4.78 is 6.53. The molecule has 0 atom stereocenters. The van der Waals surface area contributed by atoms with Crippen molar-refractivity contribution < 1.29 is 9.53 Å². The number of rotatable bonds is 4. The normalized spacial score (nSPS) is 11.6. The van der Waals surface area contributed by atoms with Crippen molar-refractivity contribution in [1.29, 1.82) is 0 Å². The molecule has 28 heavy (non-hydrogen) atoms. The molecular formula is C19H23Cl2N3O3S. The smallest absolute Gasteiger partial charge is 0.412 e. The number of ether oxygens (including phenoxy) is 1. The molecule has 2 rings (SSSR count). The first-order valence-corrected chi connectivity index (χ1v) is 10.2. The largest absolute Gasteiger partial charge is 0.444 e. The molecule has 152 valence electrons. The first-order chi connectivity index (χ1) is 12.9. The van der Waals surface area contributed by atoms with Gasteiger partial charge in [-0.15, -0.1) is 0 Å². The van der Waals surface area contributed by atoms with Crippen molar-refractivity contribution in [2.75, 3.05) is 5.32 Å². The van der Waals surface area contributed by atoms with Gasteiger partial charge >= 0.3 is 6.09 Å². The Morgan fingerprint density at radius 1 is 1.21 bits per heavy atom. The van der Waals surface area contributed by atoms with Crippen molar-refractivity contribution in [2.45, 2.75) is 56.1 Å². The fraction of sp³-hybridized carbons (Fsp3) is 0.421. The first-order valence-electron chi connectivity index (χ1n) is 8.62. The summed E-state index contributed by atoms with van der Waals surface area (Å²) in [6, 6.07) is 4.92. The Morgan fingerprint density at radius 2 is 1.79 bits per heavy atom. The van der Waals surface area contributed by atoms with E-state index < -0.39 is 11.7 Å². The Bertz CT molecular complexity index is 929. The highest BCUT2D eigenvalue weighted by atomic mass is 35.5. The van der Waals surface area contributed by atoms with Crippen LogP contribution in [0, 0.1) is 0 Å². The highest BCUT2D eigenvalue weighted by molar-refractivity contribution is 7.99. The number of carbonyl (C=O) groups excluding carboxylic acids is 1. The Balaban J connectivity index is 2.29. The van der Waals surface area contributed by atoms with E-state index in [1.54, 1.807) is 46.0 Å². The Kier molecular flexibility index (Phi) is 7.07. The first kappa shape index (κ1) is 22.6. The van der Waals surface area contributed by atoms with Crippen molar-refractivity contribution in [3.63, 3.8) is 0 Å². The summed E-state index contributed by atoms with van der Waals surface area (Å²) in [6.07, 6.45) is -0.596. The minimum absolute atomic E-state index is 0.0624. The van der Waals surface area contributed by atoms with E-state index in [9.17, 15) is 9.59 Å². The second-order valence-corrected chi connectivity index (χ2v) is 9.36. The molecule has 0 saturated heterocycles. The predicted molar refractivity (Wildman–Crippen MR) is 114 cm³/mol. The summed E-state index contributed by atoms with van der Waals surface area (Å²) >= 11 is 14.0. The topological polar surface area (TPSA) is 73.2 Å². The van der Waals surface area contributed by atoms with Crippen molar-refractivity contribution in [1.82, 2.24) is 9.78 Å². The van der Waals surface area contributed by atoms with Crippen LogP contribution in [0.1, 0.15) is 46.1 Å². The fourth-order valence-corrected chi connectivity index (χ4v) is 3.91. The number of aromatic nitrogens is 2. The van der Waals surface area contributed by atoms with Gasteiger partial charge < -0.3 is 4.74 Å². The van der Waals surface area contributed by atoms with Crippen LogP contribution >= 0.6 is 35.0 Å². The molecule has 1 amide bonds. The second-order valence-electron chi connectivity index (χ2n) is 7.52. The number of aryl methyl sites for hydroxylation is 1. The maximum atomic E-state index is 12.2. The second kappa shape index (κ2) is 8.76. The average Bonchev–Trinajstić information content (AvgIpc) is 2.51. The molecule has 0 radical (unpaired) electrons. The third kappa shape index (κ3) is 5.90. The van der Waals surface area contributed by atoms with Gasteiger partial charge in [0.2, 0.25) is 0 Å². The average molecular weight is 444 g/mol. The van der Waals surface area contributed by atoms with Crippen LogP contribution in [0.2, 0.25) is 10.0 Å². The number of nitrogens with zero attached hydrogens (tertiary/aromatic N) is 2. The van der Waals surface area contributed by atoms with Gasteiger partial charge in [0.05, 0.1) is 14.9 Å². The van der Waals surface area contributed by atoms with Gasteiger partial charge in [0.25, 0.3) is 5.56 Å². The SMILES string of the molecule is CC(C)c1cc(Sc2c(Cl)cc(NC(=O)OC(C)(C)C)cc2Cl)nn(C)c1=O. The number of anilines is 1. The summed E-state index contributed by atoms with van der Waals surface area (Å²) in [6.45, 7) is 9.22. The Labute approximate surface area is 178 Å². The number of benzene rings is 1. The zero-order valence-electron chi connectivity index (χ0n) is 16.6. The molecule has 0 bridgehead atoms. The third-order valence-corrected chi connectivity index (χ3v) is 5.41. The number of nitrogens with one attached hydrogen (secondary N) is 1. The molecule has 0 aliphatic rings. The number of amides is 1. The summed E-state index contributed by atoms with van der Waals surface area (Å²) in [5, 5.41) is 8.18. The van der Waals surface area contributed by atoms with Gasteiger partial charge in [-0.2, -0.15) is 5.10 Å². The van der Waals surface area contributed by atoms with Crippen LogP contribution in [-0.2, 0) is 11.8 Å². The van der Waals surface area contributed by atoms with Gasteiger partial charge in [-0.05, 0) is 44.9 Å². The highest BCUT2D eigenvalue weighted by Gasteiger charge is 2.18. The van der Waals surface area contributed by atoms with E-state index in [4.69, 9.17) is 27.9 Å². The van der Waals surface area contributed by atoms with E-state index in [0.717, 1.165) is 0 Å². The van der Waals surface area contributed by atoms with Crippen molar-refractivity contribution in [3.05, 3.63) is 44.2 Å². The summed E-state index contributed by atoms with van der Waals surface area (Å²) in [5.74, 6) is 0.0624. The Morgan fingerprint density at radius 3 is 2.29 bits per heavy atom. The molecule has 0 aliphatic heterocycles. The van der Waals surface area contributed by atoms with E-state index in [-0.39, 0.29) is 11.5 Å². The van der Waals surface area contributed by atoms with Crippen molar-refractivity contribution in [3.8, 4) is 0 Å². The van der Waals surface area contributed by atoms with Crippen LogP contribution < -0.4 is 10.9 Å². The highest BCUT2D eigenvalue weighted by Crippen LogP contribution is 2.40. The maximum Gasteiger partial charge on any atom is 0.412 e. The van der Waals surface area contributed by atoms with Crippen LogP contribution in [0.15, 0.2) is 32.9 Å². The monoisotopic (exact) mass is 443 g/mol. The van der Waals surface area contributed by atoms with Crippen LogP contribution in [0.25, 0.3) is 0 Å². The summed E-state index contributed by atoms with van der Waals surface area (Å²) in [7, 11) is 1.61. The minimum atomic E-state index is -0.615. The van der Waals surface area contributed by atoms with E-state index >= 15 is 0 Å². The van der Waals surface area contributed by atoms with Crippen LogP contribution in [0.5, 0.6) is 0 Å². The van der Waals surface area contributed by atoms with Crippen LogP contribution in [0.4, 0.5) is 10.5 Å². The van der Waals surface area contributed by atoms with Crippen LogP contribution in [-0.4, -0.2) is 21.5 Å². The van der Waals surface area contributed by atoms with E-state index in [1.807, 2.05) is 13.8 Å². The van der Waals surface area contributed by atoms with Gasteiger partial charge in [0.15, 0.2) is 0 Å². The standard InChI is InChI=1S/C19H23Cl2N3O3S/c1-10(2)12-9-15(23-24(6)17(12)25)28-16-13(20)7-11(8-14(16)21)22-18(26)27-19(3,4)5/h7-10H,1-6H3,(H,22,26). The quantitative estimate of drug-likeness (QED) is 0.654. The molecule has 9 heteroatoms. The van der Waals surface area contributed by atoms with E-state index in [0.29, 0.717) is 31.2 Å². The molecule has 0 unspecified atom stereocenters. The maximum absolute atomic E-state index is 12.2. The van der Waals surface area contributed by atoms with Crippen molar-refractivity contribution in [2.24, 2.45) is 7.05 Å². The lowest BCUT2D eigenvalue weighted by atomic mass is 10.1. The van der Waals surface area contributed by atoms with Gasteiger partial charge in [-0.25, -0.2) is 9.48 Å². The number of hydrogen-bond donors (Lipinski definition) is 1. The van der Waals surface area contributed by atoms with Gasteiger partial charge in [0, 0.05) is 18.3 Å². The van der Waals surface area contributed by atoms with Crippen molar-refractivity contribution >= 4 is 46.7 Å². The number of halogens is 2. The zero-order chi connectivity index (χ0) is 21.2. The third-order valence-electron chi connectivity index (χ3n) is 3.54.